The fourth-order valence-corrected chi connectivity index (χ4v) is 1.40. The van der Waals surface area contributed by atoms with Crippen molar-refractivity contribution < 1.29 is 9.53 Å². The van der Waals surface area contributed by atoms with Crippen molar-refractivity contribution in [1.82, 2.24) is 0 Å². The summed E-state index contributed by atoms with van der Waals surface area (Å²) in [6.45, 7) is 2.22. The summed E-state index contributed by atoms with van der Waals surface area (Å²) in [5.41, 5.74) is 7.50. The summed E-state index contributed by atoms with van der Waals surface area (Å²) < 4.78 is 5.08. The van der Waals surface area contributed by atoms with Gasteiger partial charge >= 0.3 is 5.97 Å². The Morgan fingerprint density at radius 1 is 1.47 bits per heavy atom. The van der Waals surface area contributed by atoms with Gasteiger partial charge in [-0.25, -0.2) is 4.79 Å². The van der Waals surface area contributed by atoms with Crippen LogP contribution in [0.3, 0.4) is 0 Å². The van der Waals surface area contributed by atoms with Crippen LogP contribution < -0.4 is 5.73 Å². The van der Waals surface area contributed by atoms with Gasteiger partial charge in [-0.15, -0.1) is 0 Å². The van der Waals surface area contributed by atoms with Crippen molar-refractivity contribution in [2.75, 3.05) is 12.3 Å². The summed E-state index contributed by atoms with van der Waals surface area (Å²) in [6, 6.07) is 7.30. The molecule has 0 radical (unpaired) electrons. The van der Waals surface area contributed by atoms with E-state index < -0.39 is 5.97 Å². The molecule has 1 aromatic carbocycles. The molecule has 4 heteroatoms. The molecule has 1 aromatic rings. The first kappa shape index (κ1) is 13.0. The van der Waals surface area contributed by atoms with Gasteiger partial charge in [-0.3, -0.25) is 0 Å². The standard InChI is InChI=1S/C13H16N2O2/c1-10-5-6-12(15)11(9-10)13(16)17-8-4-2-3-7-14/h5-6,9H,2-4,8,15H2,1H3. The number of nitrogens with two attached hydrogens (primary N) is 1. The second-order valence-corrected chi connectivity index (χ2v) is 3.84. The number of carbonyl (C=O) groups is 1. The third-order valence-corrected chi connectivity index (χ3v) is 2.34. The molecule has 0 unspecified atom stereocenters. The van der Waals surface area contributed by atoms with Gasteiger partial charge in [0.05, 0.1) is 18.2 Å². The van der Waals surface area contributed by atoms with Crippen LogP contribution in [0.1, 0.15) is 35.2 Å². The monoisotopic (exact) mass is 232 g/mol. The van der Waals surface area contributed by atoms with Gasteiger partial charge in [0, 0.05) is 12.1 Å². The maximum Gasteiger partial charge on any atom is 0.340 e. The van der Waals surface area contributed by atoms with Crippen LogP contribution >= 0.6 is 0 Å². The fourth-order valence-electron chi connectivity index (χ4n) is 1.40. The van der Waals surface area contributed by atoms with Crippen LogP contribution in [0.4, 0.5) is 5.69 Å². The van der Waals surface area contributed by atoms with Gasteiger partial charge in [0.15, 0.2) is 0 Å². The van der Waals surface area contributed by atoms with Crippen LogP contribution in [0, 0.1) is 18.3 Å². The third kappa shape index (κ3) is 4.15. The Balaban J connectivity index is 2.47. The Bertz CT molecular complexity index is 436. The van der Waals surface area contributed by atoms with Crippen LogP contribution in [0.2, 0.25) is 0 Å². The molecule has 17 heavy (non-hydrogen) atoms. The van der Waals surface area contributed by atoms with Gasteiger partial charge in [-0.2, -0.15) is 5.26 Å². The van der Waals surface area contributed by atoms with E-state index in [1.165, 1.54) is 0 Å². The molecule has 0 saturated heterocycles. The SMILES string of the molecule is Cc1ccc(N)c(C(=O)OCCCCC#N)c1. The molecule has 4 nitrogen and oxygen atoms in total. The number of nitrogens with zero attached hydrogens (tertiary/aromatic N) is 1. The largest absolute Gasteiger partial charge is 0.462 e. The summed E-state index contributed by atoms with van der Waals surface area (Å²) in [6.07, 6.45) is 1.93. The number of carbonyl (C=O) groups excluding carboxylic acids is 1. The first-order valence-electron chi connectivity index (χ1n) is 5.55. The van der Waals surface area contributed by atoms with E-state index in [0.29, 0.717) is 30.7 Å². The molecule has 0 saturated carbocycles. The van der Waals surface area contributed by atoms with E-state index in [-0.39, 0.29) is 0 Å². The Morgan fingerprint density at radius 2 is 2.24 bits per heavy atom. The molecule has 0 amide bonds. The normalized spacial score (nSPS) is 9.65. The van der Waals surface area contributed by atoms with Crippen LogP contribution in [-0.4, -0.2) is 12.6 Å². The van der Waals surface area contributed by atoms with Crippen molar-refractivity contribution in [2.24, 2.45) is 0 Å². The quantitative estimate of drug-likeness (QED) is 0.480. The van der Waals surface area contributed by atoms with Crippen molar-refractivity contribution in [3.8, 4) is 6.07 Å². The van der Waals surface area contributed by atoms with Gasteiger partial charge in [0.25, 0.3) is 0 Å². The summed E-state index contributed by atoms with van der Waals surface area (Å²) in [4.78, 5) is 11.7. The first-order valence-corrected chi connectivity index (χ1v) is 5.55. The average molecular weight is 232 g/mol. The van der Waals surface area contributed by atoms with Crippen molar-refractivity contribution >= 4 is 11.7 Å². The number of esters is 1. The van der Waals surface area contributed by atoms with Crippen molar-refractivity contribution in [3.63, 3.8) is 0 Å². The van der Waals surface area contributed by atoms with E-state index in [9.17, 15) is 4.79 Å². The zero-order valence-electron chi connectivity index (χ0n) is 9.90. The third-order valence-electron chi connectivity index (χ3n) is 2.34. The second kappa shape index (κ2) is 6.54. The molecule has 1 rings (SSSR count). The number of ether oxygens (including phenoxy) is 1. The highest BCUT2D eigenvalue weighted by Crippen LogP contribution is 2.15. The molecule has 0 bridgehead atoms. The Kier molecular flexibility index (Phi) is 5.02. The number of rotatable bonds is 5. The van der Waals surface area contributed by atoms with Crippen LogP contribution in [0.5, 0.6) is 0 Å². The van der Waals surface area contributed by atoms with E-state index in [0.717, 1.165) is 12.0 Å². The van der Waals surface area contributed by atoms with E-state index >= 15 is 0 Å². The van der Waals surface area contributed by atoms with Gasteiger partial charge in [-0.05, 0) is 31.9 Å². The van der Waals surface area contributed by atoms with Crippen LogP contribution in [0.25, 0.3) is 0 Å². The summed E-state index contributed by atoms with van der Waals surface area (Å²) >= 11 is 0. The zero-order valence-corrected chi connectivity index (χ0v) is 9.90. The predicted molar refractivity (Wildman–Crippen MR) is 65.3 cm³/mol. The Hall–Kier alpha value is -2.02. The average Bonchev–Trinajstić information content (AvgIpc) is 2.32. The van der Waals surface area contributed by atoms with Crippen molar-refractivity contribution in [2.45, 2.75) is 26.2 Å². The lowest BCUT2D eigenvalue weighted by molar-refractivity contribution is 0.0500. The summed E-state index contributed by atoms with van der Waals surface area (Å²) in [5, 5.41) is 8.35. The molecule has 2 N–H and O–H groups in total. The highest BCUT2D eigenvalue weighted by molar-refractivity contribution is 5.95. The van der Waals surface area contributed by atoms with Gasteiger partial charge < -0.3 is 10.5 Å². The second-order valence-electron chi connectivity index (χ2n) is 3.84. The fraction of sp³-hybridized carbons (Fsp3) is 0.385. The first-order chi connectivity index (χ1) is 8.15. The molecular formula is C13H16N2O2. The molecule has 0 fully saturated rings. The maximum absolute atomic E-state index is 11.7. The molecule has 0 atom stereocenters. The number of hydrogen-bond donors (Lipinski definition) is 1. The lowest BCUT2D eigenvalue weighted by atomic mass is 10.1. The topological polar surface area (TPSA) is 76.1 Å². The Labute approximate surface area is 101 Å². The number of benzene rings is 1. The minimum Gasteiger partial charge on any atom is -0.462 e. The van der Waals surface area contributed by atoms with E-state index in [1.807, 2.05) is 19.1 Å². The maximum atomic E-state index is 11.7. The molecule has 0 heterocycles. The molecule has 0 aromatic heterocycles. The number of nitriles is 1. The van der Waals surface area contributed by atoms with Crippen molar-refractivity contribution in [1.29, 1.82) is 5.26 Å². The van der Waals surface area contributed by atoms with Gasteiger partial charge in [0.2, 0.25) is 0 Å². The van der Waals surface area contributed by atoms with Crippen molar-refractivity contribution in [3.05, 3.63) is 29.3 Å². The minimum atomic E-state index is -0.400. The van der Waals surface area contributed by atoms with Crippen LogP contribution in [-0.2, 0) is 4.74 Å². The summed E-state index contributed by atoms with van der Waals surface area (Å²) in [5.74, 6) is -0.400. The molecular weight excluding hydrogens is 216 g/mol. The highest BCUT2D eigenvalue weighted by Gasteiger charge is 2.10. The molecule has 0 spiro atoms. The molecule has 0 aliphatic carbocycles. The smallest absolute Gasteiger partial charge is 0.340 e. The van der Waals surface area contributed by atoms with Gasteiger partial charge in [-0.1, -0.05) is 11.6 Å². The van der Waals surface area contributed by atoms with E-state index in [4.69, 9.17) is 15.7 Å². The lowest BCUT2D eigenvalue weighted by Crippen LogP contribution is -2.09. The molecule has 0 aliphatic heterocycles. The Morgan fingerprint density at radius 3 is 2.94 bits per heavy atom. The number of aryl methyl sites for hydroxylation is 1. The highest BCUT2D eigenvalue weighted by atomic mass is 16.5. The summed E-state index contributed by atoms with van der Waals surface area (Å²) in [7, 11) is 0. The molecule has 0 aliphatic rings. The lowest BCUT2D eigenvalue weighted by Gasteiger charge is -2.07. The predicted octanol–water partition coefficient (Wildman–Crippen LogP) is 2.43. The van der Waals surface area contributed by atoms with Gasteiger partial charge in [0.1, 0.15) is 0 Å². The minimum absolute atomic E-state index is 0.327. The van der Waals surface area contributed by atoms with E-state index in [2.05, 4.69) is 0 Å². The zero-order chi connectivity index (χ0) is 12.7. The number of unbranched alkanes of at least 4 members (excludes halogenated alkanes) is 2. The van der Waals surface area contributed by atoms with E-state index in [1.54, 1.807) is 12.1 Å². The molecule has 90 valence electrons. The number of anilines is 1. The number of nitrogen functional groups attached to an aromatic ring is 1. The number of hydrogen-bond acceptors (Lipinski definition) is 4. The van der Waals surface area contributed by atoms with Crippen LogP contribution in [0.15, 0.2) is 18.2 Å².